The van der Waals surface area contributed by atoms with Crippen LogP contribution in [0.25, 0.3) is 0 Å². The molecule has 1 amide bonds. The Morgan fingerprint density at radius 3 is 2.69 bits per heavy atom. The highest BCUT2D eigenvalue weighted by Crippen LogP contribution is 2.21. The summed E-state index contributed by atoms with van der Waals surface area (Å²) in [7, 11) is 0. The summed E-state index contributed by atoms with van der Waals surface area (Å²) in [6.45, 7) is 0.251. The molecular formula is C17H12ClN3O4S. The summed E-state index contributed by atoms with van der Waals surface area (Å²) >= 11 is 7.04. The van der Waals surface area contributed by atoms with E-state index >= 15 is 0 Å². The van der Waals surface area contributed by atoms with Crippen LogP contribution in [-0.2, 0) is 6.61 Å². The minimum atomic E-state index is -0.469. The SMILES string of the molecule is O=C(Nc1ccc(Cl)cn1)c1cc(COc2ccc([N+](=O)[O-])cc2)cs1. The molecule has 2 aromatic heterocycles. The minimum Gasteiger partial charge on any atom is -0.489 e. The Bertz CT molecular complexity index is 926. The highest BCUT2D eigenvalue weighted by atomic mass is 35.5. The van der Waals surface area contributed by atoms with Gasteiger partial charge in [-0.05, 0) is 35.7 Å². The summed E-state index contributed by atoms with van der Waals surface area (Å²) < 4.78 is 5.58. The zero-order valence-electron chi connectivity index (χ0n) is 13.2. The smallest absolute Gasteiger partial charge is 0.269 e. The summed E-state index contributed by atoms with van der Waals surface area (Å²) in [5.74, 6) is 0.654. The van der Waals surface area contributed by atoms with Gasteiger partial charge >= 0.3 is 0 Å². The number of nitrogens with one attached hydrogen (secondary N) is 1. The van der Waals surface area contributed by atoms with Gasteiger partial charge < -0.3 is 10.1 Å². The molecule has 0 aliphatic carbocycles. The van der Waals surface area contributed by atoms with Crippen LogP contribution in [0, 0.1) is 10.1 Å². The van der Waals surface area contributed by atoms with Crippen LogP contribution in [0.1, 0.15) is 15.2 Å². The molecule has 0 atom stereocenters. The van der Waals surface area contributed by atoms with Gasteiger partial charge in [0.15, 0.2) is 0 Å². The lowest BCUT2D eigenvalue weighted by atomic mass is 10.3. The Morgan fingerprint density at radius 2 is 2.04 bits per heavy atom. The molecule has 2 heterocycles. The number of nitro benzene ring substituents is 1. The number of thiophene rings is 1. The minimum absolute atomic E-state index is 0.00245. The molecular weight excluding hydrogens is 378 g/mol. The van der Waals surface area contributed by atoms with Crippen LogP contribution in [0.5, 0.6) is 5.75 Å². The molecule has 7 nitrogen and oxygen atoms in total. The lowest BCUT2D eigenvalue weighted by molar-refractivity contribution is -0.384. The fourth-order valence-electron chi connectivity index (χ4n) is 2.03. The lowest BCUT2D eigenvalue weighted by Crippen LogP contribution is -2.11. The van der Waals surface area contributed by atoms with Crippen LogP contribution >= 0.6 is 22.9 Å². The number of hydrogen-bond acceptors (Lipinski definition) is 6. The molecule has 0 aliphatic rings. The molecule has 26 heavy (non-hydrogen) atoms. The number of hydrogen-bond donors (Lipinski definition) is 1. The number of non-ortho nitro benzene ring substituents is 1. The van der Waals surface area contributed by atoms with Gasteiger partial charge in [-0.1, -0.05) is 11.6 Å². The van der Waals surface area contributed by atoms with Crippen molar-refractivity contribution in [1.82, 2.24) is 4.98 Å². The molecule has 0 saturated carbocycles. The zero-order chi connectivity index (χ0) is 18.5. The number of benzene rings is 1. The Kier molecular flexibility index (Phi) is 5.45. The Hall–Kier alpha value is -2.97. The second-order valence-electron chi connectivity index (χ2n) is 5.17. The summed E-state index contributed by atoms with van der Waals surface area (Å²) in [6, 6.07) is 10.8. The average molecular weight is 390 g/mol. The van der Waals surface area contributed by atoms with Crippen molar-refractivity contribution in [2.24, 2.45) is 0 Å². The van der Waals surface area contributed by atoms with Gasteiger partial charge in [0.25, 0.3) is 11.6 Å². The van der Waals surface area contributed by atoms with Crippen molar-refractivity contribution in [3.8, 4) is 5.75 Å². The van der Waals surface area contributed by atoms with E-state index in [1.165, 1.54) is 41.8 Å². The third-order valence-corrected chi connectivity index (χ3v) is 4.50. The normalized spacial score (nSPS) is 10.3. The van der Waals surface area contributed by atoms with Crippen molar-refractivity contribution in [1.29, 1.82) is 0 Å². The van der Waals surface area contributed by atoms with E-state index in [0.29, 0.717) is 21.5 Å². The van der Waals surface area contributed by atoms with Gasteiger partial charge in [-0.25, -0.2) is 4.98 Å². The predicted octanol–water partition coefficient (Wildman–Crippen LogP) is 4.54. The second-order valence-corrected chi connectivity index (χ2v) is 6.52. The number of ether oxygens (including phenoxy) is 1. The summed E-state index contributed by atoms with van der Waals surface area (Å²) in [4.78, 5) is 26.9. The van der Waals surface area contributed by atoms with Crippen LogP contribution < -0.4 is 10.1 Å². The first-order chi connectivity index (χ1) is 12.5. The first-order valence-corrected chi connectivity index (χ1v) is 8.64. The van der Waals surface area contributed by atoms with E-state index in [-0.39, 0.29) is 18.2 Å². The molecule has 0 spiro atoms. The Morgan fingerprint density at radius 1 is 1.27 bits per heavy atom. The van der Waals surface area contributed by atoms with Crippen molar-refractivity contribution in [3.05, 3.63) is 79.6 Å². The number of carbonyl (C=O) groups is 1. The fourth-order valence-corrected chi connectivity index (χ4v) is 2.93. The number of rotatable bonds is 6. The van der Waals surface area contributed by atoms with E-state index in [4.69, 9.17) is 16.3 Å². The fraction of sp³-hybridized carbons (Fsp3) is 0.0588. The molecule has 1 aromatic carbocycles. The first kappa shape index (κ1) is 17.8. The maximum Gasteiger partial charge on any atom is 0.269 e. The van der Waals surface area contributed by atoms with Crippen molar-refractivity contribution in [3.63, 3.8) is 0 Å². The van der Waals surface area contributed by atoms with Crippen molar-refractivity contribution < 1.29 is 14.5 Å². The molecule has 3 aromatic rings. The summed E-state index contributed by atoms with van der Waals surface area (Å²) in [6.07, 6.45) is 1.45. The topological polar surface area (TPSA) is 94.4 Å². The molecule has 0 saturated heterocycles. The van der Waals surface area contributed by atoms with E-state index < -0.39 is 4.92 Å². The Labute approximate surface area is 157 Å². The van der Waals surface area contributed by atoms with Gasteiger partial charge in [0.2, 0.25) is 0 Å². The quantitative estimate of drug-likeness (QED) is 0.493. The molecule has 132 valence electrons. The van der Waals surface area contributed by atoms with Crippen LogP contribution in [-0.4, -0.2) is 15.8 Å². The largest absolute Gasteiger partial charge is 0.489 e. The van der Waals surface area contributed by atoms with Gasteiger partial charge in [0, 0.05) is 23.9 Å². The standard InChI is InChI=1S/C17H12ClN3O4S/c18-12-1-6-16(19-8-12)20-17(22)15-7-11(10-26-15)9-25-14-4-2-13(3-5-14)21(23)24/h1-8,10H,9H2,(H,19,20,22). The van der Waals surface area contributed by atoms with Crippen molar-refractivity contribution in [2.45, 2.75) is 6.61 Å². The van der Waals surface area contributed by atoms with Gasteiger partial charge in [0.1, 0.15) is 18.2 Å². The van der Waals surface area contributed by atoms with Gasteiger partial charge in [0.05, 0.1) is 14.8 Å². The highest BCUT2D eigenvalue weighted by Gasteiger charge is 2.11. The number of halogens is 1. The third kappa shape index (κ3) is 4.56. The number of carbonyl (C=O) groups excluding carboxylic acids is 1. The molecule has 0 radical (unpaired) electrons. The van der Waals surface area contributed by atoms with E-state index in [1.807, 2.05) is 5.38 Å². The molecule has 0 aliphatic heterocycles. The van der Waals surface area contributed by atoms with Crippen LogP contribution in [0.2, 0.25) is 5.02 Å². The summed E-state index contributed by atoms with van der Waals surface area (Å²) in [5, 5.41) is 15.6. The van der Waals surface area contributed by atoms with Gasteiger partial charge in [-0.2, -0.15) is 0 Å². The van der Waals surface area contributed by atoms with Gasteiger partial charge in [-0.3, -0.25) is 14.9 Å². The number of aromatic nitrogens is 1. The van der Waals surface area contributed by atoms with Crippen LogP contribution in [0.3, 0.4) is 0 Å². The number of nitrogens with zero attached hydrogens (tertiary/aromatic N) is 2. The van der Waals surface area contributed by atoms with Crippen molar-refractivity contribution >= 4 is 40.4 Å². The average Bonchev–Trinajstić information content (AvgIpc) is 3.11. The van der Waals surface area contributed by atoms with Crippen molar-refractivity contribution in [2.75, 3.05) is 5.32 Å². The third-order valence-electron chi connectivity index (χ3n) is 3.30. The van der Waals surface area contributed by atoms with Crippen LogP contribution in [0.15, 0.2) is 54.0 Å². The number of pyridine rings is 1. The number of nitro groups is 1. The molecule has 0 fully saturated rings. The summed E-state index contributed by atoms with van der Waals surface area (Å²) in [5.41, 5.74) is 0.824. The predicted molar refractivity (Wildman–Crippen MR) is 98.9 cm³/mol. The van der Waals surface area contributed by atoms with E-state index in [2.05, 4.69) is 10.3 Å². The van der Waals surface area contributed by atoms with E-state index in [0.717, 1.165) is 5.56 Å². The zero-order valence-corrected chi connectivity index (χ0v) is 14.8. The number of amides is 1. The molecule has 9 heteroatoms. The van der Waals surface area contributed by atoms with E-state index in [1.54, 1.807) is 18.2 Å². The molecule has 0 unspecified atom stereocenters. The first-order valence-electron chi connectivity index (χ1n) is 7.39. The molecule has 3 rings (SSSR count). The maximum absolute atomic E-state index is 12.2. The van der Waals surface area contributed by atoms with Gasteiger partial charge in [-0.15, -0.1) is 11.3 Å². The molecule has 0 bridgehead atoms. The Balaban J connectivity index is 1.57. The maximum atomic E-state index is 12.2. The lowest BCUT2D eigenvalue weighted by Gasteiger charge is -2.04. The van der Waals surface area contributed by atoms with Crippen LogP contribution in [0.4, 0.5) is 11.5 Å². The number of anilines is 1. The second kappa shape index (κ2) is 7.94. The van der Waals surface area contributed by atoms with E-state index in [9.17, 15) is 14.9 Å². The monoisotopic (exact) mass is 389 g/mol. The molecule has 1 N–H and O–H groups in total. The highest BCUT2D eigenvalue weighted by molar-refractivity contribution is 7.12.